The van der Waals surface area contributed by atoms with Crippen LogP contribution in [0.1, 0.15) is 18.5 Å². The first kappa shape index (κ1) is 16.8. The second-order valence-corrected chi connectivity index (χ2v) is 6.42. The topological polar surface area (TPSA) is 62.3 Å². The maximum Gasteiger partial charge on any atom is 0.224 e. The summed E-state index contributed by atoms with van der Waals surface area (Å²) in [6.07, 6.45) is 5.63. The molecular formula is C16H23N3O2S. The summed E-state index contributed by atoms with van der Waals surface area (Å²) in [5.74, 6) is 1.05. The van der Waals surface area contributed by atoms with Gasteiger partial charge in [-0.2, -0.15) is 11.8 Å². The van der Waals surface area contributed by atoms with Gasteiger partial charge in [0, 0.05) is 50.1 Å². The fourth-order valence-corrected chi connectivity index (χ4v) is 2.87. The molecule has 2 heterocycles. The molecule has 0 aromatic carbocycles. The van der Waals surface area contributed by atoms with Gasteiger partial charge in [0.2, 0.25) is 11.8 Å². The standard InChI is InChI=1S/C16H23N3O2S/c1-22-11-9-18-16(21)13-5-6-15(20)19(12-13)10-7-14-4-2-3-8-17-14/h2-4,8,13H,5-7,9-12H2,1H3,(H,18,21)/t13-/m1/s1. The van der Waals surface area contributed by atoms with E-state index in [-0.39, 0.29) is 17.7 Å². The number of likely N-dealkylation sites (tertiary alicyclic amines) is 1. The monoisotopic (exact) mass is 321 g/mol. The quantitative estimate of drug-likeness (QED) is 0.770. The minimum Gasteiger partial charge on any atom is -0.355 e. The first-order valence-corrected chi connectivity index (χ1v) is 9.04. The molecule has 0 radical (unpaired) electrons. The Morgan fingerprint density at radius 3 is 3.09 bits per heavy atom. The zero-order valence-electron chi connectivity index (χ0n) is 13.0. The zero-order chi connectivity index (χ0) is 15.8. The van der Waals surface area contributed by atoms with Crippen molar-refractivity contribution in [3.63, 3.8) is 0 Å². The van der Waals surface area contributed by atoms with Gasteiger partial charge in [-0.15, -0.1) is 0 Å². The van der Waals surface area contributed by atoms with Crippen LogP contribution in [0.25, 0.3) is 0 Å². The summed E-state index contributed by atoms with van der Waals surface area (Å²) in [4.78, 5) is 30.2. The molecule has 0 saturated carbocycles. The van der Waals surface area contributed by atoms with Crippen molar-refractivity contribution in [2.24, 2.45) is 5.92 Å². The van der Waals surface area contributed by atoms with Crippen molar-refractivity contribution < 1.29 is 9.59 Å². The highest BCUT2D eigenvalue weighted by Gasteiger charge is 2.29. The molecule has 22 heavy (non-hydrogen) atoms. The van der Waals surface area contributed by atoms with Crippen LogP contribution < -0.4 is 5.32 Å². The van der Waals surface area contributed by atoms with Crippen molar-refractivity contribution in [3.05, 3.63) is 30.1 Å². The Morgan fingerprint density at radius 1 is 1.50 bits per heavy atom. The Balaban J connectivity index is 1.82. The number of rotatable bonds is 7. The minimum atomic E-state index is -0.0803. The number of pyridine rings is 1. The van der Waals surface area contributed by atoms with E-state index in [0.717, 1.165) is 17.9 Å². The molecule has 1 aromatic rings. The maximum absolute atomic E-state index is 12.1. The van der Waals surface area contributed by atoms with Gasteiger partial charge in [0.1, 0.15) is 0 Å². The second kappa shape index (κ2) is 8.78. The van der Waals surface area contributed by atoms with Crippen LogP contribution >= 0.6 is 11.8 Å². The third-order valence-corrected chi connectivity index (χ3v) is 4.45. The summed E-state index contributed by atoms with van der Waals surface area (Å²) in [7, 11) is 0. The van der Waals surface area contributed by atoms with Crippen LogP contribution in [0.5, 0.6) is 0 Å². The van der Waals surface area contributed by atoms with Gasteiger partial charge in [-0.1, -0.05) is 6.07 Å². The number of nitrogens with one attached hydrogen (secondary N) is 1. The lowest BCUT2D eigenvalue weighted by Crippen LogP contribution is -2.46. The van der Waals surface area contributed by atoms with Crippen LogP contribution in [0.15, 0.2) is 24.4 Å². The Bertz CT molecular complexity index is 495. The first-order valence-electron chi connectivity index (χ1n) is 7.65. The molecule has 2 rings (SSSR count). The van der Waals surface area contributed by atoms with E-state index in [0.29, 0.717) is 32.5 Å². The molecule has 1 N–H and O–H groups in total. The number of hydrogen-bond acceptors (Lipinski definition) is 4. The van der Waals surface area contributed by atoms with Crippen LogP contribution in [0, 0.1) is 5.92 Å². The van der Waals surface area contributed by atoms with Crippen LogP contribution in [-0.2, 0) is 16.0 Å². The van der Waals surface area contributed by atoms with E-state index < -0.39 is 0 Å². The smallest absolute Gasteiger partial charge is 0.224 e. The molecule has 1 fully saturated rings. The number of hydrogen-bond donors (Lipinski definition) is 1. The lowest BCUT2D eigenvalue weighted by atomic mass is 9.96. The average molecular weight is 321 g/mol. The van der Waals surface area contributed by atoms with E-state index in [1.165, 1.54) is 0 Å². The molecule has 120 valence electrons. The van der Waals surface area contributed by atoms with E-state index in [1.54, 1.807) is 22.9 Å². The highest BCUT2D eigenvalue weighted by molar-refractivity contribution is 7.98. The predicted molar refractivity (Wildman–Crippen MR) is 88.6 cm³/mol. The molecule has 0 bridgehead atoms. The Kier molecular flexibility index (Phi) is 6.71. The van der Waals surface area contributed by atoms with Crippen molar-refractivity contribution in [3.8, 4) is 0 Å². The van der Waals surface area contributed by atoms with Gasteiger partial charge in [0.05, 0.1) is 5.92 Å². The Labute approximate surface area is 135 Å². The Morgan fingerprint density at radius 2 is 2.36 bits per heavy atom. The number of amides is 2. The number of aromatic nitrogens is 1. The SMILES string of the molecule is CSCCNC(=O)[C@@H]1CCC(=O)N(CCc2ccccn2)C1. The van der Waals surface area contributed by atoms with Crippen LogP contribution in [0.2, 0.25) is 0 Å². The van der Waals surface area contributed by atoms with Crippen molar-refractivity contribution in [1.82, 2.24) is 15.2 Å². The summed E-state index contributed by atoms with van der Waals surface area (Å²) in [6, 6.07) is 5.79. The van der Waals surface area contributed by atoms with Gasteiger partial charge in [0.15, 0.2) is 0 Å². The molecule has 1 aliphatic rings. The number of carbonyl (C=O) groups is 2. The molecule has 0 spiro atoms. The van der Waals surface area contributed by atoms with E-state index in [4.69, 9.17) is 0 Å². The van der Waals surface area contributed by atoms with E-state index >= 15 is 0 Å². The molecule has 1 saturated heterocycles. The molecule has 6 heteroatoms. The van der Waals surface area contributed by atoms with Gasteiger partial charge in [-0.25, -0.2) is 0 Å². The van der Waals surface area contributed by atoms with Gasteiger partial charge >= 0.3 is 0 Å². The van der Waals surface area contributed by atoms with Crippen LogP contribution in [0.4, 0.5) is 0 Å². The maximum atomic E-state index is 12.1. The molecule has 0 unspecified atom stereocenters. The number of nitrogens with zero attached hydrogens (tertiary/aromatic N) is 2. The van der Waals surface area contributed by atoms with Gasteiger partial charge in [0.25, 0.3) is 0 Å². The second-order valence-electron chi connectivity index (χ2n) is 5.43. The lowest BCUT2D eigenvalue weighted by molar-refractivity contribution is -0.138. The molecule has 1 aromatic heterocycles. The lowest BCUT2D eigenvalue weighted by Gasteiger charge is -2.32. The van der Waals surface area contributed by atoms with E-state index in [1.807, 2.05) is 24.5 Å². The van der Waals surface area contributed by atoms with Crippen LogP contribution in [-0.4, -0.2) is 53.3 Å². The summed E-state index contributed by atoms with van der Waals surface area (Å²) in [5, 5.41) is 2.95. The van der Waals surface area contributed by atoms with Gasteiger partial charge in [-0.3, -0.25) is 14.6 Å². The normalized spacial score (nSPS) is 18.3. The fourth-order valence-electron chi connectivity index (χ4n) is 2.56. The van der Waals surface area contributed by atoms with Crippen molar-refractivity contribution in [2.45, 2.75) is 19.3 Å². The summed E-state index contributed by atoms with van der Waals surface area (Å²) >= 11 is 1.71. The molecule has 0 aliphatic carbocycles. The van der Waals surface area contributed by atoms with Gasteiger partial charge in [-0.05, 0) is 24.8 Å². The highest BCUT2D eigenvalue weighted by atomic mass is 32.2. The largest absolute Gasteiger partial charge is 0.355 e. The third kappa shape index (κ3) is 5.02. The number of thioether (sulfide) groups is 1. The fraction of sp³-hybridized carbons (Fsp3) is 0.562. The van der Waals surface area contributed by atoms with Gasteiger partial charge < -0.3 is 10.2 Å². The van der Waals surface area contributed by atoms with Crippen molar-refractivity contribution >= 4 is 23.6 Å². The number of carbonyl (C=O) groups excluding carboxylic acids is 2. The Hall–Kier alpha value is -1.56. The summed E-state index contributed by atoms with van der Waals surface area (Å²) in [5.41, 5.74) is 0.974. The van der Waals surface area contributed by atoms with Crippen molar-refractivity contribution in [2.75, 3.05) is 31.6 Å². The third-order valence-electron chi connectivity index (χ3n) is 3.84. The van der Waals surface area contributed by atoms with E-state index in [9.17, 15) is 9.59 Å². The average Bonchev–Trinajstić information content (AvgIpc) is 2.55. The summed E-state index contributed by atoms with van der Waals surface area (Å²) in [6.45, 7) is 1.85. The summed E-state index contributed by atoms with van der Waals surface area (Å²) < 4.78 is 0. The predicted octanol–water partition coefficient (Wildman–Crippen LogP) is 1.34. The molecule has 1 aliphatic heterocycles. The first-order chi connectivity index (χ1) is 10.7. The minimum absolute atomic E-state index is 0.0735. The van der Waals surface area contributed by atoms with E-state index in [2.05, 4.69) is 10.3 Å². The molecule has 5 nitrogen and oxygen atoms in total. The highest BCUT2D eigenvalue weighted by Crippen LogP contribution is 2.18. The van der Waals surface area contributed by atoms with Crippen LogP contribution in [0.3, 0.4) is 0 Å². The van der Waals surface area contributed by atoms with Crippen molar-refractivity contribution in [1.29, 1.82) is 0 Å². The molecule has 2 amide bonds. The number of piperidine rings is 1. The molecule has 1 atom stereocenters. The zero-order valence-corrected chi connectivity index (χ0v) is 13.8. The molecular weight excluding hydrogens is 298 g/mol.